The maximum absolute atomic E-state index is 15.9. The summed E-state index contributed by atoms with van der Waals surface area (Å²) in [5, 5.41) is 10.7. The number of fused-ring (bicyclic) bond motifs is 2. The van der Waals surface area contributed by atoms with E-state index in [0.717, 1.165) is 59.3 Å². The molecule has 1 atom stereocenters. The number of halogens is 3. The van der Waals surface area contributed by atoms with Gasteiger partial charge in [-0.1, -0.05) is 35.9 Å². The van der Waals surface area contributed by atoms with Gasteiger partial charge < -0.3 is 16.0 Å². The van der Waals surface area contributed by atoms with Gasteiger partial charge in [0.25, 0.3) is 11.8 Å². The molecule has 3 fully saturated rings. The number of urea groups is 1. The summed E-state index contributed by atoms with van der Waals surface area (Å²) >= 11 is 6.45. The molecule has 0 bridgehead atoms. The van der Waals surface area contributed by atoms with Crippen LogP contribution in [0.4, 0.5) is 36.5 Å². The van der Waals surface area contributed by atoms with Gasteiger partial charge in [0.15, 0.2) is 11.5 Å². The lowest BCUT2D eigenvalue weighted by Crippen LogP contribution is -2.59. The van der Waals surface area contributed by atoms with Crippen molar-refractivity contribution < 1.29 is 23.2 Å². The summed E-state index contributed by atoms with van der Waals surface area (Å²) in [5.74, 6) is -2.80. The fraction of sp³-hybridized carbons (Fsp3) is 0.395. The minimum absolute atomic E-state index is 0.196. The molecular formula is C43H46ClF2N11O3. The number of piperidine rings is 2. The molecule has 0 saturated carbocycles. The first kappa shape index (κ1) is 39.7. The summed E-state index contributed by atoms with van der Waals surface area (Å²) in [6, 6.07) is 16.3. The fourth-order valence-electron chi connectivity index (χ4n) is 9.36. The number of anilines is 4. The van der Waals surface area contributed by atoms with Gasteiger partial charge in [-0.05, 0) is 92.1 Å². The van der Waals surface area contributed by atoms with Gasteiger partial charge in [0.05, 0.1) is 40.9 Å². The van der Waals surface area contributed by atoms with Crippen LogP contribution in [0.1, 0.15) is 52.9 Å². The maximum atomic E-state index is 15.9. The summed E-state index contributed by atoms with van der Waals surface area (Å²) in [5.41, 5.74) is 13.4. The molecule has 0 aliphatic carbocycles. The molecule has 312 valence electrons. The van der Waals surface area contributed by atoms with Crippen LogP contribution in [0.5, 0.6) is 0 Å². The van der Waals surface area contributed by atoms with Gasteiger partial charge in [0.2, 0.25) is 5.91 Å². The van der Waals surface area contributed by atoms with Crippen molar-refractivity contribution in [2.24, 2.45) is 11.7 Å². The van der Waals surface area contributed by atoms with Gasteiger partial charge >= 0.3 is 6.03 Å². The summed E-state index contributed by atoms with van der Waals surface area (Å²) in [7, 11) is 1.79. The first-order chi connectivity index (χ1) is 28.9. The Kier molecular flexibility index (Phi) is 10.6. The molecule has 7 heterocycles. The SMILES string of the molecule is CNc1cc(N2CCc3c(-c4ccc(CN5CCC(N6CCC(Cc7ccc(Cl)c(N8CCC(=O)NC8=O)c7)CC6)C(F)(F)C5)cn4)cccc32)nn2c(C(N)=O)cnc12. The second-order valence-corrected chi connectivity index (χ2v) is 16.6. The molecule has 4 aliphatic heterocycles. The smallest absolute Gasteiger partial charge is 0.328 e. The van der Waals surface area contributed by atoms with Gasteiger partial charge in [-0.15, -0.1) is 5.10 Å². The molecule has 17 heteroatoms. The lowest BCUT2D eigenvalue weighted by atomic mass is 9.88. The number of hydrogen-bond donors (Lipinski definition) is 3. The molecule has 14 nitrogen and oxygen atoms in total. The summed E-state index contributed by atoms with van der Waals surface area (Å²) in [4.78, 5) is 52.7. The van der Waals surface area contributed by atoms with Crippen LogP contribution in [0.2, 0.25) is 5.02 Å². The average Bonchev–Trinajstić information content (AvgIpc) is 3.87. The number of benzene rings is 2. The third kappa shape index (κ3) is 7.63. The molecule has 0 radical (unpaired) electrons. The number of pyridine rings is 1. The Balaban J connectivity index is 0.807. The van der Waals surface area contributed by atoms with E-state index in [0.29, 0.717) is 72.9 Å². The number of hydrogen-bond acceptors (Lipinski definition) is 10. The molecule has 4 amide bonds. The van der Waals surface area contributed by atoms with Crippen LogP contribution >= 0.6 is 11.6 Å². The van der Waals surface area contributed by atoms with Crippen molar-refractivity contribution in [3.8, 4) is 11.3 Å². The van der Waals surface area contributed by atoms with Crippen molar-refractivity contribution >= 4 is 58.0 Å². The normalized spacial score (nSPS) is 20.1. The number of likely N-dealkylation sites (tertiary alicyclic amines) is 2. The van der Waals surface area contributed by atoms with Crippen LogP contribution in [-0.4, -0.2) is 106 Å². The highest BCUT2D eigenvalue weighted by molar-refractivity contribution is 6.34. The predicted molar refractivity (Wildman–Crippen MR) is 225 cm³/mol. The van der Waals surface area contributed by atoms with E-state index in [1.807, 2.05) is 58.3 Å². The number of carbonyl (C=O) groups is 3. The summed E-state index contributed by atoms with van der Waals surface area (Å²) in [6.07, 6.45) is 6.95. The van der Waals surface area contributed by atoms with Crippen LogP contribution < -0.4 is 26.2 Å². The van der Waals surface area contributed by atoms with E-state index in [9.17, 15) is 14.4 Å². The molecule has 1 unspecified atom stereocenters. The first-order valence-corrected chi connectivity index (χ1v) is 20.8. The number of imide groups is 1. The van der Waals surface area contributed by atoms with E-state index < -0.39 is 23.9 Å². The Morgan fingerprint density at radius 1 is 0.933 bits per heavy atom. The molecule has 5 aromatic rings. The van der Waals surface area contributed by atoms with Crippen molar-refractivity contribution in [1.29, 1.82) is 0 Å². The minimum atomic E-state index is -2.86. The van der Waals surface area contributed by atoms with Crippen LogP contribution in [0.3, 0.4) is 0 Å². The number of nitrogens with two attached hydrogens (primary N) is 1. The Morgan fingerprint density at radius 3 is 2.47 bits per heavy atom. The molecule has 4 N–H and O–H groups in total. The maximum Gasteiger partial charge on any atom is 0.328 e. The molecule has 0 spiro atoms. The Hall–Kier alpha value is -5.71. The van der Waals surface area contributed by atoms with Gasteiger partial charge in [0.1, 0.15) is 5.69 Å². The van der Waals surface area contributed by atoms with E-state index in [-0.39, 0.29) is 31.1 Å². The Labute approximate surface area is 350 Å². The fourth-order valence-corrected chi connectivity index (χ4v) is 9.58. The second kappa shape index (κ2) is 16.0. The molecule has 2 aromatic carbocycles. The molecule has 3 aromatic heterocycles. The molecule has 60 heavy (non-hydrogen) atoms. The number of nitrogens with zero attached hydrogens (tertiary/aromatic N) is 8. The zero-order valence-electron chi connectivity index (χ0n) is 33.2. The molecular weight excluding hydrogens is 792 g/mol. The highest BCUT2D eigenvalue weighted by atomic mass is 35.5. The number of nitrogens with one attached hydrogen (secondary N) is 2. The highest BCUT2D eigenvalue weighted by Gasteiger charge is 2.48. The molecule has 4 aliphatic rings. The van der Waals surface area contributed by atoms with Crippen molar-refractivity contribution in [3.05, 3.63) is 94.4 Å². The monoisotopic (exact) mass is 837 g/mol. The van der Waals surface area contributed by atoms with Crippen LogP contribution in [0.25, 0.3) is 16.9 Å². The minimum Gasteiger partial charge on any atom is -0.385 e. The summed E-state index contributed by atoms with van der Waals surface area (Å²) in [6.45, 7) is 2.82. The summed E-state index contributed by atoms with van der Waals surface area (Å²) < 4.78 is 33.2. The lowest BCUT2D eigenvalue weighted by molar-refractivity contribution is -0.133. The topological polar surface area (TPSA) is 157 Å². The van der Waals surface area contributed by atoms with Crippen molar-refractivity contribution in [2.45, 2.75) is 57.0 Å². The third-order valence-corrected chi connectivity index (χ3v) is 12.7. The average molecular weight is 838 g/mol. The molecule has 9 rings (SSSR count). The van der Waals surface area contributed by atoms with E-state index >= 15 is 8.78 Å². The number of carbonyl (C=O) groups excluding carboxylic acids is 3. The first-order valence-electron chi connectivity index (χ1n) is 20.4. The van der Waals surface area contributed by atoms with Gasteiger partial charge in [-0.2, -0.15) is 0 Å². The zero-order valence-corrected chi connectivity index (χ0v) is 34.0. The van der Waals surface area contributed by atoms with Gasteiger partial charge in [-0.3, -0.25) is 34.6 Å². The largest absolute Gasteiger partial charge is 0.385 e. The quantitative estimate of drug-likeness (QED) is 0.155. The van der Waals surface area contributed by atoms with Crippen LogP contribution in [0, 0.1) is 5.92 Å². The van der Waals surface area contributed by atoms with E-state index in [2.05, 4.69) is 20.5 Å². The van der Waals surface area contributed by atoms with E-state index in [1.165, 1.54) is 15.6 Å². The Morgan fingerprint density at radius 2 is 1.73 bits per heavy atom. The standard InChI is InChI=1S/C43H46ClF2N11O3/c1-48-33-21-38(52-57-36(40(47)59)23-50-41(33)57)55-17-11-30-29(3-2-4-34(30)55)32-8-6-28(22-49-32)24-53-14-12-37(43(45,46)25-53)54-15-9-26(10-16-54)19-27-5-7-31(44)35(20-27)56-18-13-39(58)51-42(56)60/h2-8,20-23,26,37,48H,9-19,24-25H2,1H3,(H2,47,59)(H,51,58,60). The number of rotatable bonds is 10. The van der Waals surface area contributed by atoms with Crippen LogP contribution in [0.15, 0.2) is 67.0 Å². The van der Waals surface area contributed by atoms with Gasteiger partial charge in [-0.25, -0.2) is 23.1 Å². The van der Waals surface area contributed by atoms with E-state index in [1.54, 1.807) is 19.3 Å². The van der Waals surface area contributed by atoms with Crippen molar-refractivity contribution in [3.63, 3.8) is 0 Å². The van der Waals surface area contributed by atoms with Crippen molar-refractivity contribution in [2.75, 3.05) is 61.4 Å². The number of amides is 4. The molecule has 3 saturated heterocycles. The zero-order chi connectivity index (χ0) is 41.7. The number of alkyl halides is 2. The number of aromatic nitrogens is 4. The van der Waals surface area contributed by atoms with Crippen molar-refractivity contribution in [1.82, 2.24) is 34.7 Å². The van der Waals surface area contributed by atoms with Gasteiger partial charge in [0, 0.05) is 63.2 Å². The number of primary amides is 1. The number of imidazole rings is 1. The Bertz CT molecular complexity index is 2470. The second-order valence-electron chi connectivity index (χ2n) is 16.2. The lowest BCUT2D eigenvalue weighted by Gasteiger charge is -2.46. The third-order valence-electron chi connectivity index (χ3n) is 12.4. The highest BCUT2D eigenvalue weighted by Crippen LogP contribution is 2.40. The van der Waals surface area contributed by atoms with Crippen LogP contribution in [-0.2, 0) is 24.2 Å². The predicted octanol–water partition coefficient (Wildman–Crippen LogP) is 5.89. The van der Waals surface area contributed by atoms with E-state index in [4.69, 9.17) is 27.4 Å².